The third kappa shape index (κ3) is 2.75. The summed E-state index contributed by atoms with van der Waals surface area (Å²) in [5.74, 6) is 1.07. The van der Waals surface area contributed by atoms with Crippen LogP contribution in [-0.4, -0.2) is 22.0 Å². The van der Waals surface area contributed by atoms with Gasteiger partial charge >= 0.3 is 0 Å². The Morgan fingerprint density at radius 3 is 2.65 bits per heavy atom. The van der Waals surface area contributed by atoms with Gasteiger partial charge in [-0.2, -0.15) is 0 Å². The largest absolute Gasteiger partial charge is 0.312 e. The number of aryl methyl sites for hydroxylation is 2. The van der Waals surface area contributed by atoms with E-state index in [0.717, 1.165) is 33.7 Å². The van der Waals surface area contributed by atoms with Crippen molar-refractivity contribution in [1.29, 1.82) is 0 Å². The van der Waals surface area contributed by atoms with Gasteiger partial charge in [0.1, 0.15) is 5.82 Å². The topological polar surface area (TPSA) is 38.1 Å². The number of anilines is 1. The number of imidazole rings is 1. The maximum atomic E-state index is 12.7. The zero-order valence-electron chi connectivity index (χ0n) is 15.1. The van der Waals surface area contributed by atoms with E-state index in [-0.39, 0.29) is 11.8 Å². The van der Waals surface area contributed by atoms with E-state index in [0.29, 0.717) is 13.0 Å². The van der Waals surface area contributed by atoms with Crippen molar-refractivity contribution >= 4 is 28.8 Å². The maximum Gasteiger partial charge on any atom is 0.227 e. The summed E-state index contributed by atoms with van der Waals surface area (Å²) in [6.07, 6.45) is 2.26. The number of para-hydroxylation sites is 2. The molecule has 1 amide bonds. The molecule has 130 valence electrons. The van der Waals surface area contributed by atoms with Crippen molar-refractivity contribution in [2.24, 2.45) is 0 Å². The van der Waals surface area contributed by atoms with E-state index in [9.17, 15) is 4.79 Å². The van der Waals surface area contributed by atoms with Gasteiger partial charge in [-0.05, 0) is 49.2 Å². The highest BCUT2D eigenvalue weighted by Gasteiger charge is 2.34. The van der Waals surface area contributed by atoms with Gasteiger partial charge in [0.15, 0.2) is 0 Å². The summed E-state index contributed by atoms with van der Waals surface area (Å²) in [4.78, 5) is 19.4. The zero-order chi connectivity index (χ0) is 18.3. The SMILES string of the molecule is C=C=Cn1c(C2CC(=O)N(c3cc(C)cc(C)c3)C2)nc2ccccc21. The highest BCUT2D eigenvalue weighted by molar-refractivity contribution is 5.96. The van der Waals surface area contributed by atoms with Gasteiger partial charge in [0.05, 0.1) is 17.2 Å². The van der Waals surface area contributed by atoms with Crippen molar-refractivity contribution in [3.63, 3.8) is 0 Å². The molecule has 4 nitrogen and oxygen atoms in total. The number of amides is 1. The van der Waals surface area contributed by atoms with E-state index in [1.807, 2.05) is 33.7 Å². The number of nitrogens with zero attached hydrogens (tertiary/aromatic N) is 3. The van der Waals surface area contributed by atoms with Gasteiger partial charge in [-0.1, -0.05) is 24.8 Å². The zero-order valence-corrected chi connectivity index (χ0v) is 15.1. The molecule has 4 heteroatoms. The van der Waals surface area contributed by atoms with Crippen molar-refractivity contribution in [2.75, 3.05) is 11.4 Å². The van der Waals surface area contributed by atoms with E-state index in [4.69, 9.17) is 4.98 Å². The fourth-order valence-electron chi connectivity index (χ4n) is 3.81. The van der Waals surface area contributed by atoms with Gasteiger partial charge < -0.3 is 4.90 Å². The number of benzene rings is 2. The smallest absolute Gasteiger partial charge is 0.227 e. The molecule has 0 spiro atoms. The van der Waals surface area contributed by atoms with Crippen LogP contribution in [0.4, 0.5) is 5.69 Å². The van der Waals surface area contributed by atoms with E-state index in [1.165, 1.54) is 0 Å². The van der Waals surface area contributed by atoms with Crippen molar-refractivity contribution in [3.8, 4) is 0 Å². The summed E-state index contributed by atoms with van der Waals surface area (Å²) in [7, 11) is 0. The first-order valence-electron chi connectivity index (χ1n) is 8.78. The summed E-state index contributed by atoms with van der Waals surface area (Å²) < 4.78 is 2.01. The Labute approximate surface area is 153 Å². The molecule has 2 heterocycles. The second kappa shape index (κ2) is 6.32. The van der Waals surface area contributed by atoms with Crippen LogP contribution in [0.2, 0.25) is 0 Å². The van der Waals surface area contributed by atoms with Gasteiger partial charge in [0, 0.05) is 24.6 Å². The summed E-state index contributed by atoms with van der Waals surface area (Å²) in [6, 6.07) is 14.2. The van der Waals surface area contributed by atoms with E-state index >= 15 is 0 Å². The minimum atomic E-state index is 0.0420. The summed E-state index contributed by atoms with van der Waals surface area (Å²) in [5.41, 5.74) is 8.08. The molecule has 26 heavy (non-hydrogen) atoms. The summed E-state index contributed by atoms with van der Waals surface area (Å²) in [6.45, 7) is 8.45. The molecular formula is C22H21N3O. The minimum Gasteiger partial charge on any atom is -0.312 e. The third-order valence-electron chi connectivity index (χ3n) is 4.85. The lowest BCUT2D eigenvalue weighted by Crippen LogP contribution is -2.24. The molecule has 0 saturated carbocycles. The highest BCUT2D eigenvalue weighted by atomic mass is 16.2. The predicted octanol–water partition coefficient (Wildman–Crippen LogP) is 4.43. The first-order chi connectivity index (χ1) is 12.6. The van der Waals surface area contributed by atoms with Gasteiger partial charge in [0.25, 0.3) is 0 Å². The van der Waals surface area contributed by atoms with Crippen LogP contribution in [0, 0.1) is 13.8 Å². The second-order valence-corrected chi connectivity index (χ2v) is 6.91. The molecule has 1 aliphatic rings. The predicted molar refractivity (Wildman–Crippen MR) is 105 cm³/mol. The lowest BCUT2D eigenvalue weighted by Gasteiger charge is -2.18. The molecule has 2 aromatic carbocycles. The molecule has 0 aliphatic carbocycles. The lowest BCUT2D eigenvalue weighted by atomic mass is 10.1. The van der Waals surface area contributed by atoms with Gasteiger partial charge in [0.2, 0.25) is 5.91 Å². The fourth-order valence-corrected chi connectivity index (χ4v) is 3.81. The Morgan fingerprint density at radius 1 is 1.19 bits per heavy atom. The van der Waals surface area contributed by atoms with Crippen molar-refractivity contribution in [2.45, 2.75) is 26.2 Å². The van der Waals surface area contributed by atoms with Crippen LogP contribution in [0.15, 0.2) is 54.8 Å². The molecule has 1 fully saturated rings. The van der Waals surface area contributed by atoms with Crippen molar-refractivity contribution < 1.29 is 4.79 Å². The molecule has 3 aromatic rings. The number of hydrogen-bond acceptors (Lipinski definition) is 2. The van der Waals surface area contributed by atoms with Crippen LogP contribution in [0.5, 0.6) is 0 Å². The Kier molecular flexibility index (Phi) is 3.98. The average Bonchev–Trinajstić information content (AvgIpc) is 3.15. The standard InChI is InChI=1S/C22H21N3O/c1-4-9-24-20-8-6-5-7-19(20)23-22(24)17-13-21(26)25(14-17)18-11-15(2)10-16(3)12-18/h5-12,17H,1,13-14H2,2-3H3. The van der Waals surface area contributed by atoms with Gasteiger partial charge in [-0.25, -0.2) is 4.98 Å². The fraction of sp³-hybridized carbons (Fsp3) is 0.227. The molecule has 1 aromatic heterocycles. The Hall–Kier alpha value is -3.10. The molecule has 1 unspecified atom stereocenters. The quantitative estimate of drug-likeness (QED) is 0.660. The molecular weight excluding hydrogens is 322 g/mol. The van der Waals surface area contributed by atoms with Crippen LogP contribution >= 0.6 is 0 Å². The van der Waals surface area contributed by atoms with Crippen LogP contribution in [0.25, 0.3) is 17.2 Å². The first-order valence-corrected chi connectivity index (χ1v) is 8.78. The minimum absolute atomic E-state index is 0.0420. The highest BCUT2D eigenvalue weighted by Crippen LogP contribution is 2.34. The number of carbonyl (C=O) groups excluding carboxylic acids is 1. The molecule has 1 saturated heterocycles. The summed E-state index contributed by atoms with van der Waals surface area (Å²) >= 11 is 0. The van der Waals surface area contributed by atoms with Crippen LogP contribution < -0.4 is 4.90 Å². The normalized spacial score (nSPS) is 16.9. The number of rotatable bonds is 3. The molecule has 0 N–H and O–H groups in total. The molecule has 1 atom stereocenters. The number of hydrogen-bond donors (Lipinski definition) is 0. The van der Waals surface area contributed by atoms with Crippen molar-refractivity contribution in [1.82, 2.24) is 9.55 Å². The average molecular weight is 343 g/mol. The van der Waals surface area contributed by atoms with E-state index in [2.05, 4.69) is 44.4 Å². The molecule has 4 rings (SSSR count). The third-order valence-corrected chi connectivity index (χ3v) is 4.85. The summed E-state index contributed by atoms with van der Waals surface area (Å²) in [5, 5.41) is 0. The van der Waals surface area contributed by atoms with Crippen molar-refractivity contribution in [3.05, 3.63) is 71.7 Å². The maximum absolute atomic E-state index is 12.7. The number of carbonyl (C=O) groups is 1. The Balaban J connectivity index is 1.74. The molecule has 0 radical (unpaired) electrons. The van der Waals surface area contributed by atoms with Crippen LogP contribution in [0.3, 0.4) is 0 Å². The molecule has 1 aliphatic heterocycles. The van der Waals surface area contributed by atoms with Crippen LogP contribution in [0.1, 0.15) is 29.3 Å². The lowest BCUT2D eigenvalue weighted by molar-refractivity contribution is -0.117. The number of aromatic nitrogens is 2. The second-order valence-electron chi connectivity index (χ2n) is 6.91. The van der Waals surface area contributed by atoms with E-state index in [1.54, 1.807) is 6.20 Å². The Morgan fingerprint density at radius 2 is 1.92 bits per heavy atom. The monoisotopic (exact) mass is 343 g/mol. The van der Waals surface area contributed by atoms with Gasteiger partial charge in [-0.3, -0.25) is 9.36 Å². The molecule has 0 bridgehead atoms. The van der Waals surface area contributed by atoms with Gasteiger partial charge in [-0.15, -0.1) is 5.73 Å². The van der Waals surface area contributed by atoms with E-state index < -0.39 is 0 Å². The van der Waals surface area contributed by atoms with Crippen LogP contribution in [-0.2, 0) is 4.79 Å². The first kappa shape index (κ1) is 16.4. The number of fused-ring (bicyclic) bond motifs is 1. The Bertz CT molecular complexity index is 1040.